The molecule has 18 heavy (non-hydrogen) atoms. The van der Waals surface area contributed by atoms with E-state index in [4.69, 9.17) is 4.42 Å². The maximum Gasteiger partial charge on any atom is 0.308 e. The number of aryl methyl sites for hydroxylation is 1. The molecule has 1 aromatic rings. The summed E-state index contributed by atoms with van der Waals surface area (Å²) in [5.74, 6) is 0.503. The molecule has 0 radical (unpaired) electrons. The van der Waals surface area contributed by atoms with Crippen LogP contribution in [0.15, 0.2) is 16.5 Å². The predicted octanol–water partition coefficient (Wildman–Crippen LogP) is 1.87. The first-order chi connectivity index (χ1) is 8.52. The van der Waals surface area contributed by atoms with Gasteiger partial charge in [-0.2, -0.15) is 0 Å². The highest BCUT2D eigenvalue weighted by atomic mass is 16.5. The van der Waals surface area contributed by atoms with Gasteiger partial charge in [0.05, 0.1) is 19.6 Å². The summed E-state index contributed by atoms with van der Waals surface area (Å²) in [4.78, 5) is 22.5. The van der Waals surface area contributed by atoms with Crippen LogP contribution in [-0.2, 0) is 9.53 Å². The van der Waals surface area contributed by atoms with Gasteiger partial charge in [-0.05, 0) is 31.9 Å². The Morgan fingerprint density at radius 3 is 2.72 bits per heavy atom. The molecule has 100 valence electrons. The van der Waals surface area contributed by atoms with Crippen molar-refractivity contribution in [2.24, 2.45) is 0 Å². The zero-order valence-corrected chi connectivity index (χ0v) is 10.6. The Morgan fingerprint density at radius 1 is 1.44 bits per heavy atom. The van der Waals surface area contributed by atoms with E-state index in [1.807, 2.05) is 0 Å². The van der Waals surface area contributed by atoms with Crippen molar-refractivity contribution in [1.29, 1.82) is 0 Å². The largest absolute Gasteiger partial charge is 0.469 e. The average molecular weight is 254 g/mol. The second kappa shape index (κ2) is 6.96. The molecule has 1 unspecified atom stereocenters. The molecule has 0 saturated carbocycles. The van der Waals surface area contributed by atoms with E-state index < -0.39 is 12.1 Å². The van der Waals surface area contributed by atoms with Crippen molar-refractivity contribution >= 4 is 11.8 Å². The molecule has 1 rings (SSSR count). The van der Waals surface area contributed by atoms with Crippen LogP contribution in [-0.4, -0.2) is 30.1 Å². The Kier molecular flexibility index (Phi) is 5.58. The summed E-state index contributed by atoms with van der Waals surface area (Å²) in [6, 6.07) is 3.38. The second-order valence-electron chi connectivity index (χ2n) is 4.16. The molecule has 0 spiro atoms. The van der Waals surface area contributed by atoms with E-state index in [-0.39, 0.29) is 12.2 Å². The van der Waals surface area contributed by atoms with E-state index >= 15 is 0 Å². The van der Waals surface area contributed by atoms with Crippen LogP contribution in [0.4, 0.5) is 0 Å². The highest BCUT2D eigenvalue weighted by molar-refractivity contribution is 5.93. The summed E-state index contributed by atoms with van der Waals surface area (Å²) in [6.45, 7) is 1.77. The third-order valence-electron chi connectivity index (χ3n) is 2.59. The van der Waals surface area contributed by atoms with Crippen molar-refractivity contribution in [3.63, 3.8) is 0 Å². The van der Waals surface area contributed by atoms with Crippen LogP contribution in [0.25, 0.3) is 0 Å². The second-order valence-corrected chi connectivity index (χ2v) is 4.16. The van der Waals surface area contributed by atoms with E-state index in [0.29, 0.717) is 30.8 Å². The number of Topliss-reactive ketones (excluding diaryl/α,β-unsaturated/α-hetero) is 1. The fourth-order valence-electron chi connectivity index (χ4n) is 1.58. The lowest BCUT2D eigenvalue weighted by atomic mass is 10.1. The molecule has 0 aliphatic carbocycles. The lowest BCUT2D eigenvalue weighted by molar-refractivity contribution is -0.142. The van der Waals surface area contributed by atoms with Crippen LogP contribution in [0.2, 0.25) is 0 Å². The number of aliphatic hydroxyl groups is 1. The van der Waals surface area contributed by atoms with E-state index in [1.165, 1.54) is 7.11 Å². The molecule has 1 heterocycles. The van der Waals surface area contributed by atoms with Crippen LogP contribution in [0.3, 0.4) is 0 Å². The molecule has 0 aliphatic rings. The number of rotatable bonds is 7. The summed E-state index contributed by atoms with van der Waals surface area (Å²) in [6.07, 6.45) is 0.399. The summed E-state index contributed by atoms with van der Waals surface area (Å²) < 4.78 is 9.64. The summed E-state index contributed by atoms with van der Waals surface area (Å²) >= 11 is 0. The summed E-state index contributed by atoms with van der Waals surface area (Å²) in [5.41, 5.74) is 0. The number of carbonyl (C=O) groups is 2. The summed E-state index contributed by atoms with van der Waals surface area (Å²) in [7, 11) is 1.28. The van der Waals surface area contributed by atoms with Gasteiger partial charge in [0, 0.05) is 6.42 Å². The molecule has 0 amide bonds. The number of hydrogen-bond donors (Lipinski definition) is 1. The van der Waals surface area contributed by atoms with E-state index in [1.54, 1.807) is 19.1 Å². The number of carbonyl (C=O) groups excluding carboxylic acids is 2. The van der Waals surface area contributed by atoms with Gasteiger partial charge in [0.1, 0.15) is 5.76 Å². The lowest BCUT2D eigenvalue weighted by Gasteiger charge is -2.07. The molecule has 0 aromatic carbocycles. The number of ether oxygens (including phenoxy) is 1. The molecule has 1 atom stereocenters. The van der Waals surface area contributed by atoms with Crippen LogP contribution in [0.1, 0.15) is 42.0 Å². The molecule has 1 aromatic heterocycles. The van der Waals surface area contributed by atoms with Gasteiger partial charge in [-0.25, -0.2) is 0 Å². The van der Waals surface area contributed by atoms with E-state index in [2.05, 4.69) is 4.74 Å². The molecule has 5 nitrogen and oxygen atoms in total. The Morgan fingerprint density at radius 2 is 2.17 bits per heavy atom. The Balaban J connectivity index is 2.25. The number of ketones is 1. The smallest absolute Gasteiger partial charge is 0.308 e. The number of aliphatic hydroxyl groups excluding tert-OH is 1. The van der Waals surface area contributed by atoms with E-state index in [0.717, 1.165) is 0 Å². The zero-order chi connectivity index (χ0) is 13.5. The first-order valence-corrected chi connectivity index (χ1v) is 5.87. The van der Waals surface area contributed by atoms with Gasteiger partial charge in [-0.15, -0.1) is 0 Å². The van der Waals surface area contributed by atoms with Gasteiger partial charge >= 0.3 is 5.97 Å². The average Bonchev–Trinajstić information content (AvgIpc) is 2.75. The molecular weight excluding hydrogens is 236 g/mol. The fourth-order valence-corrected chi connectivity index (χ4v) is 1.58. The standard InChI is InChI=1S/C13H18O5/c1-9-6-7-12(18-9)11(15)5-3-4-10(14)8-13(16)17-2/h6-7,10,14H,3-5,8H2,1-2H3. The quantitative estimate of drug-likeness (QED) is 0.593. The van der Waals surface area contributed by atoms with Crippen molar-refractivity contribution < 1.29 is 23.8 Å². The van der Waals surface area contributed by atoms with Crippen molar-refractivity contribution in [3.8, 4) is 0 Å². The zero-order valence-electron chi connectivity index (χ0n) is 10.6. The monoisotopic (exact) mass is 254 g/mol. The van der Waals surface area contributed by atoms with Gasteiger partial charge in [-0.3, -0.25) is 9.59 Å². The van der Waals surface area contributed by atoms with Gasteiger partial charge in [0.15, 0.2) is 11.5 Å². The van der Waals surface area contributed by atoms with Gasteiger partial charge in [0.25, 0.3) is 0 Å². The molecule has 5 heteroatoms. The highest BCUT2D eigenvalue weighted by Crippen LogP contribution is 2.12. The number of hydrogen-bond acceptors (Lipinski definition) is 5. The van der Waals surface area contributed by atoms with Crippen LogP contribution >= 0.6 is 0 Å². The molecule has 0 bridgehead atoms. The first-order valence-electron chi connectivity index (χ1n) is 5.87. The van der Waals surface area contributed by atoms with Crippen LogP contribution in [0.5, 0.6) is 0 Å². The van der Waals surface area contributed by atoms with Gasteiger partial charge in [0.2, 0.25) is 0 Å². The maximum atomic E-state index is 11.7. The molecular formula is C13H18O5. The minimum atomic E-state index is -0.761. The lowest BCUT2D eigenvalue weighted by Crippen LogP contribution is -2.14. The molecule has 0 fully saturated rings. The van der Waals surface area contributed by atoms with Crippen molar-refractivity contribution in [3.05, 3.63) is 23.7 Å². The highest BCUT2D eigenvalue weighted by Gasteiger charge is 2.13. The third-order valence-corrected chi connectivity index (χ3v) is 2.59. The van der Waals surface area contributed by atoms with Crippen LogP contribution < -0.4 is 0 Å². The minimum absolute atomic E-state index is 0.0372. The van der Waals surface area contributed by atoms with Crippen molar-refractivity contribution in [2.75, 3.05) is 7.11 Å². The van der Waals surface area contributed by atoms with E-state index in [9.17, 15) is 14.7 Å². The molecule has 1 N–H and O–H groups in total. The van der Waals surface area contributed by atoms with Crippen LogP contribution in [0, 0.1) is 6.92 Å². The topological polar surface area (TPSA) is 76.7 Å². The third kappa shape index (κ3) is 4.71. The van der Waals surface area contributed by atoms with Gasteiger partial charge in [-0.1, -0.05) is 0 Å². The SMILES string of the molecule is COC(=O)CC(O)CCCC(=O)c1ccc(C)o1. The van der Waals surface area contributed by atoms with Crippen molar-refractivity contribution in [2.45, 2.75) is 38.7 Å². The number of furan rings is 1. The predicted molar refractivity (Wildman–Crippen MR) is 64.3 cm³/mol. The minimum Gasteiger partial charge on any atom is -0.469 e. The maximum absolute atomic E-state index is 11.7. The van der Waals surface area contributed by atoms with Crippen molar-refractivity contribution in [1.82, 2.24) is 0 Å². The molecule has 0 aliphatic heterocycles. The first kappa shape index (κ1) is 14.4. The fraction of sp³-hybridized carbons (Fsp3) is 0.538. The normalized spacial score (nSPS) is 12.2. The van der Waals surface area contributed by atoms with Gasteiger partial charge < -0.3 is 14.3 Å². The molecule has 0 saturated heterocycles. The number of methoxy groups -OCH3 is 1. The Bertz CT molecular complexity index is 407. The Labute approximate surface area is 106 Å². The Hall–Kier alpha value is -1.62. The summed E-state index contributed by atoms with van der Waals surface area (Å²) in [5, 5.41) is 9.50. The number of esters is 1.